The molecule has 0 saturated heterocycles. The van der Waals surface area contributed by atoms with E-state index in [1.807, 2.05) is 61.5 Å². The predicted molar refractivity (Wildman–Crippen MR) is 118 cm³/mol. The molecular weight excluding hydrogens is 398 g/mol. The number of nitrogens with zero attached hydrogens (tertiary/aromatic N) is 1. The zero-order valence-corrected chi connectivity index (χ0v) is 17.5. The number of fused-ring (bicyclic) bond motifs is 1. The van der Waals surface area contributed by atoms with Gasteiger partial charge in [-0.3, -0.25) is 4.79 Å². The second-order valence-corrected chi connectivity index (χ2v) is 7.82. The number of anilines is 1. The van der Waals surface area contributed by atoms with Crippen LogP contribution in [0.4, 0.5) is 5.13 Å². The summed E-state index contributed by atoms with van der Waals surface area (Å²) in [4.78, 5) is 32.9. The van der Waals surface area contributed by atoms with Gasteiger partial charge in [0.1, 0.15) is 0 Å². The molecule has 7 heteroatoms. The molecule has 0 spiro atoms. The zero-order chi connectivity index (χ0) is 21.1. The summed E-state index contributed by atoms with van der Waals surface area (Å²) >= 11 is 1.32. The van der Waals surface area contributed by atoms with Gasteiger partial charge in [-0.1, -0.05) is 48.5 Å². The maximum Gasteiger partial charge on any atom is 0.358 e. The lowest BCUT2D eigenvalue weighted by molar-refractivity contribution is 0.0314. The molecular formula is C23H21N3O3S. The summed E-state index contributed by atoms with van der Waals surface area (Å²) in [6.07, 6.45) is -0.919. The smallest absolute Gasteiger partial charge is 0.358 e. The molecule has 0 saturated carbocycles. The van der Waals surface area contributed by atoms with Gasteiger partial charge >= 0.3 is 5.97 Å². The van der Waals surface area contributed by atoms with Crippen LogP contribution in [-0.2, 0) is 11.3 Å². The molecule has 2 aromatic heterocycles. The van der Waals surface area contributed by atoms with Crippen molar-refractivity contribution in [2.45, 2.75) is 26.5 Å². The Morgan fingerprint density at radius 1 is 1.13 bits per heavy atom. The van der Waals surface area contributed by atoms with Crippen molar-refractivity contribution in [3.8, 4) is 0 Å². The minimum absolute atomic E-state index is 0.186. The van der Waals surface area contributed by atoms with Crippen molar-refractivity contribution in [3.63, 3.8) is 0 Å². The number of ketones is 1. The first-order valence-electron chi connectivity index (χ1n) is 9.58. The van der Waals surface area contributed by atoms with Gasteiger partial charge in [0.05, 0.1) is 0 Å². The third-order valence-electron chi connectivity index (χ3n) is 4.79. The van der Waals surface area contributed by atoms with Crippen molar-refractivity contribution in [1.82, 2.24) is 9.97 Å². The number of hydrogen-bond donors (Lipinski definition) is 2. The molecule has 0 fully saturated rings. The van der Waals surface area contributed by atoms with E-state index in [1.54, 1.807) is 12.3 Å². The summed E-state index contributed by atoms with van der Waals surface area (Å²) in [6, 6.07) is 17.5. The van der Waals surface area contributed by atoms with Crippen LogP contribution in [0.3, 0.4) is 0 Å². The van der Waals surface area contributed by atoms with Crippen molar-refractivity contribution in [2.75, 3.05) is 5.32 Å². The molecule has 152 valence electrons. The van der Waals surface area contributed by atoms with Gasteiger partial charge in [0.15, 0.2) is 16.9 Å². The number of carbonyl (C=O) groups is 2. The van der Waals surface area contributed by atoms with E-state index in [2.05, 4.69) is 15.3 Å². The van der Waals surface area contributed by atoms with Gasteiger partial charge in [-0.25, -0.2) is 9.78 Å². The fourth-order valence-corrected chi connectivity index (χ4v) is 3.97. The number of Topliss-reactive ketones (excluding diaryl/α,β-unsaturated/α-hetero) is 1. The van der Waals surface area contributed by atoms with Crippen LogP contribution >= 0.6 is 11.3 Å². The molecule has 2 N–H and O–H groups in total. The first-order chi connectivity index (χ1) is 14.5. The number of benzene rings is 2. The number of aromatic amines is 1. The quantitative estimate of drug-likeness (QED) is 0.326. The van der Waals surface area contributed by atoms with Gasteiger partial charge < -0.3 is 15.0 Å². The number of H-pyrrole nitrogens is 1. The van der Waals surface area contributed by atoms with Crippen molar-refractivity contribution in [2.24, 2.45) is 0 Å². The number of nitrogens with one attached hydrogen (secondary N) is 2. The Kier molecular flexibility index (Phi) is 5.63. The Hall–Kier alpha value is -3.45. The molecule has 0 aliphatic heterocycles. The number of esters is 1. The van der Waals surface area contributed by atoms with E-state index in [0.717, 1.165) is 22.2 Å². The number of carbonyl (C=O) groups excluding carboxylic acids is 2. The summed E-state index contributed by atoms with van der Waals surface area (Å²) < 4.78 is 5.42. The van der Waals surface area contributed by atoms with Crippen molar-refractivity contribution >= 4 is 39.1 Å². The van der Waals surface area contributed by atoms with Gasteiger partial charge in [0.2, 0.25) is 5.78 Å². The number of aromatic nitrogens is 2. The number of para-hydroxylation sites is 1. The molecule has 30 heavy (non-hydrogen) atoms. The maximum atomic E-state index is 12.9. The lowest BCUT2D eigenvalue weighted by atomic mass is 10.0. The number of rotatable bonds is 7. The molecule has 1 atom stereocenters. The van der Waals surface area contributed by atoms with Gasteiger partial charge in [-0.05, 0) is 25.5 Å². The highest BCUT2D eigenvalue weighted by atomic mass is 32.1. The Morgan fingerprint density at radius 3 is 2.67 bits per heavy atom. The van der Waals surface area contributed by atoms with E-state index in [9.17, 15) is 9.59 Å². The van der Waals surface area contributed by atoms with E-state index >= 15 is 0 Å². The van der Waals surface area contributed by atoms with E-state index in [1.165, 1.54) is 11.3 Å². The second-order valence-electron chi connectivity index (χ2n) is 6.96. The minimum Gasteiger partial charge on any atom is -0.450 e. The van der Waals surface area contributed by atoms with Gasteiger partial charge in [0.25, 0.3) is 0 Å². The summed E-state index contributed by atoms with van der Waals surface area (Å²) in [7, 11) is 0. The molecule has 0 aliphatic carbocycles. The average molecular weight is 420 g/mol. The van der Waals surface area contributed by atoms with Crippen LogP contribution < -0.4 is 5.32 Å². The predicted octanol–water partition coefficient (Wildman–Crippen LogP) is 4.97. The van der Waals surface area contributed by atoms with Crippen LogP contribution in [0.25, 0.3) is 10.9 Å². The van der Waals surface area contributed by atoms with E-state index in [0.29, 0.717) is 17.2 Å². The van der Waals surface area contributed by atoms with Crippen LogP contribution in [0.5, 0.6) is 0 Å². The molecule has 1 unspecified atom stereocenters. The van der Waals surface area contributed by atoms with Crippen LogP contribution in [0, 0.1) is 6.92 Å². The van der Waals surface area contributed by atoms with Gasteiger partial charge in [-0.15, -0.1) is 11.3 Å². The number of thiazole rings is 1. The summed E-state index contributed by atoms with van der Waals surface area (Å²) in [5.74, 6) is -0.853. The standard InChI is InChI=1S/C23H21N3O3S/c1-14-20(17-10-6-7-11-18(17)25-14)21(27)15(2)29-22(28)19-13-30-23(26-19)24-12-16-8-4-3-5-9-16/h3-11,13,15,25H,12H2,1-2H3,(H,24,26). The second kappa shape index (κ2) is 8.51. The van der Waals surface area contributed by atoms with Crippen LogP contribution in [0.2, 0.25) is 0 Å². The lowest BCUT2D eigenvalue weighted by Crippen LogP contribution is -2.25. The minimum atomic E-state index is -0.919. The summed E-state index contributed by atoms with van der Waals surface area (Å²) in [5, 5.41) is 6.27. The third kappa shape index (κ3) is 4.11. The van der Waals surface area contributed by atoms with E-state index in [-0.39, 0.29) is 11.5 Å². The molecule has 0 radical (unpaired) electrons. The summed E-state index contributed by atoms with van der Waals surface area (Å²) in [5.41, 5.74) is 3.49. The number of ether oxygens (including phenoxy) is 1. The largest absolute Gasteiger partial charge is 0.450 e. The highest BCUT2D eigenvalue weighted by Crippen LogP contribution is 2.24. The maximum absolute atomic E-state index is 12.9. The van der Waals surface area contributed by atoms with Gasteiger partial charge in [-0.2, -0.15) is 0 Å². The van der Waals surface area contributed by atoms with Crippen molar-refractivity contribution in [3.05, 3.63) is 82.5 Å². The zero-order valence-electron chi connectivity index (χ0n) is 16.6. The first kappa shape index (κ1) is 19.8. The topological polar surface area (TPSA) is 84.1 Å². The summed E-state index contributed by atoms with van der Waals surface area (Å²) in [6.45, 7) is 4.03. The third-order valence-corrected chi connectivity index (χ3v) is 5.59. The molecule has 4 rings (SSSR count). The van der Waals surface area contributed by atoms with Crippen LogP contribution in [-0.4, -0.2) is 27.8 Å². The Balaban J connectivity index is 1.41. The monoisotopic (exact) mass is 419 g/mol. The fourth-order valence-electron chi connectivity index (χ4n) is 3.29. The first-order valence-corrected chi connectivity index (χ1v) is 10.5. The molecule has 4 aromatic rings. The van der Waals surface area contributed by atoms with Crippen LogP contribution in [0.1, 0.15) is 39.0 Å². The van der Waals surface area contributed by atoms with Crippen LogP contribution in [0.15, 0.2) is 60.0 Å². The Morgan fingerprint density at radius 2 is 1.87 bits per heavy atom. The fraction of sp³-hybridized carbons (Fsp3) is 0.174. The average Bonchev–Trinajstić information content (AvgIpc) is 3.36. The van der Waals surface area contributed by atoms with Crippen molar-refractivity contribution < 1.29 is 14.3 Å². The molecule has 0 bridgehead atoms. The van der Waals surface area contributed by atoms with Gasteiger partial charge in [0, 0.05) is 34.1 Å². The van der Waals surface area contributed by atoms with Crippen molar-refractivity contribution in [1.29, 1.82) is 0 Å². The molecule has 0 amide bonds. The van der Waals surface area contributed by atoms with E-state index < -0.39 is 12.1 Å². The highest BCUT2D eigenvalue weighted by molar-refractivity contribution is 7.13. The number of aryl methyl sites for hydroxylation is 1. The molecule has 2 heterocycles. The lowest BCUT2D eigenvalue weighted by Gasteiger charge is -2.11. The highest BCUT2D eigenvalue weighted by Gasteiger charge is 2.25. The Labute approximate surface area is 177 Å². The molecule has 2 aromatic carbocycles. The normalized spacial score (nSPS) is 11.9. The Bertz CT molecular complexity index is 1200. The SMILES string of the molecule is Cc1[nH]c2ccccc2c1C(=O)C(C)OC(=O)c1csc(NCc2ccccc2)n1. The molecule has 0 aliphatic rings. The van der Waals surface area contributed by atoms with E-state index in [4.69, 9.17) is 4.74 Å². The number of hydrogen-bond acceptors (Lipinski definition) is 6. The molecule has 6 nitrogen and oxygen atoms in total.